The molecule has 1 heterocycles. The van der Waals surface area contributed by atoms with Gasteiger partial charge in [0.15, 0.2) is 0 Å². The van der Waals surface area contributed by atoms with E-state index < -0.39 is 0 Å². The number of methoxy groups -OCH3 is 1. The highest BCUT2D eigenvalue weighted by molar-refractivity contribution is 5.53. The lowest BCUT2D eigenvalue weighted by Gasteiger charge is -2.24. The van der Waals surface area contributed by atoms with Crippen molar-refractivity contribution in [3.05, 3.63) is 12.1 Å². The Morgan fingerprint density at radius 2 is 2.18 bits per heavy atom. The van der Waals surface area contributed by atoms with E-state index in [0.717, 1.165) is 18.8 Å². The molecule has 0 radical (unpaired) electrons. The number of nitrogens with one attached hydrogen (secondary N) is 1. The van der Waals surface area contributed by atoms with Gasteiger partial charge in [-0.1, -0.05) is 13.8 Å². The summed E-state index contributed by atoms with van der Waals surface area (Å²) in [6, 6.07) is 3.57. The number of nitrogen functional groups attached to an aromatic ring is 1. The van der Waals surface area contributed by atoms with Gasteiger partial charge < -0.3 is 20.9 Å². The standard InChI is InChI=1S/C12H21N3O2/c1-12(2,6-7-16)8-14-10-5-4-9(13)11(15-10)17-3/h4-5,16H,6-8,13H2,1-3H3,(H,14,15). The molecule has 1 rings (SSSR count). The summed E-state index contributed by atoms with van der Waals surface area (Å²) in [5.41, 5.74) is 6.22. The molecule has 0 aliphatic heterocycles. The summed E-state index contributed by atoms with van der Waals surface area (Å²) in [6.07, 6.45) is 0.742. The molecule has 96 valence electrons. The summed E-state index contributed by atoms with van der Waals surface area (Å²) in [4.78, 5) is 4.23. The highest BCUT2D eigenvalue weighted by atomic mass is 16.5. The van der Waals surface area contributed by atoms with Gasteiger partial charge >= 0.3 is 0 Å². The summed E-state index contributed by atoms with van der Waals surface area (Å²) in [5.74, 6) is 1.15. The molecule has 1 aromatic rings. The zero-order chi connectivity index (χ0) is 12.9. The highest BCUT2D eigenvalue weighted by Gasteiger charge is 2.17. The van der Waals surface area contributed by atoms with Crippen molar-refractivity contribution in [2.75, 3.05) is 31.3 Å². The predicted octanol–water partition coefficient (Wildman–Crippen LogP) is 1.49. The van der Waals surface area contributed by atoms with Crippen LogP contribution in [0.15, 0.2) is 12.1 Å². The Hall–Kier alpha value is -1.49. The second-order valence-corrected chi connectivity index (χ2v) is 4.79. The second kappa shape index (κ2) is 5.72. The van der Waals surface area contributed by atoms with Crippen molar-refractivity contribution in [2.24, 2.45) is 5.41 Å². The molecule has 0 aromatic carbocycles. The Labute approximate surface area is 102 Å². The first kappa shape index (κ1) is 13.6. The monoisotopic (exact) mass is 239 g/mol. The number of ether oxygens (including phenoxy) is 1. The summed E-state index contributed by atoms with van der Waals surface area (Å²) >= 11 is 0. The van der Waals surface area contributed by atoms with Gasteiger partial charge in [0, 0.05) is 13.2 Å². The average Bonchev–Trinajstić information content (AvgIpc) is 2.28. The first-order valence-electron chi connectivity index (χ1n) is 5.64. The quantitative estimate of drug-likeness (QED) is 0.701. The first-order valence-corrected chi connectivity index (χ1v) is 5.64. The van der Waals surface area contributed by atoms with Gasteiger partial charge in [-0.15, -0.1) is 0 Å². The van der Waals surface area contributed by atoms with E-state index in [-0.39, 0.29) is 12.0 Å². The lowest BCUT2D eigenvalue weighted by atomic mass is 9.90. The Bertz CT molecular complexity index is 367. The lowest BCUT2D eigenvalue weighted by Crippen LogP contribution is -2.24. The molecule has 0 amide bonds. The number of hydrogen-bond donors (Lipinski definition) is 3. The second-order valence-electron chi connectivity index (χ2n) is 4.79. The summed E-state index contributed by atoms with van der Waals surface area (Å²) in [5, 5.41) is 12.2. The third kappa shape index (κ3) is 4.11. The molecule has 0 fully saturated rings. The zero-order valence-corrected chi connectivity index (χ0v) is 10.7. The van der Waals surface area contributed by atoms with Gasteiger partial charge in [-0.3, -0.25) is 0 Å². The largest absolute Gasteiger partial charge is 0.479 e. The third-order valence-electron chi connectivity index (χ3n) is 2.62. The van der Waals surface area contributed by atoms with Gasteiger partial charge in [-0.25, -0.2) is 0 Å². The van der Waals surface area contributed by atoms with Crippen LogP contribution in [0.5, 0.6) is 5.88 Å². The van der Waals surface area contributed by atoms with Crippen LogP contribution < -0.4 is 15.8 Å². The van der Waals surface area contributed by atoms with Crippen LogP contribution in [0, 0.1) is 5.41 Å². The van der Waals surface area contributed by atoms with Crippen LogP contribution >= 0.6 is 0 Å². The van der Waals surface area contributed by atoms with Crippen LogP contribution in [0.1, 0.15) is 20.3 Å². The molecule has 0 unspecified atom stereocenters. The van der Waals surface area contributed by atoms with Gasteiger partial charge in [-0.05, 0) is 24.0 Å². The van der Waals surface area contributed by atoms with Crippen LogP contribution in [-0.4, -0.2) is 30.4 Å². The normalized spacial score (nSPS) is 11.3. The fraction of sp³-hybridized carbons (Fsp3) is 0.583. The van der Waals surface area contributed by atoms with Crippen LogP contribution in [-0.2, 0) is 0 Å². The molecule has 17 heavy (non-hydrogen) atoms. The summed E-state index contributed by atoms with van der Waals surface area (Å²) < 4.78 is 5.05. The van der Waals surface area contributed by atoms with Gasteiger partial charge in [0.05, 0.1) is 12.8 Å². The van der Waals surface area contributed by atoms with E-state index >= 15 is 0 Å². The van der Waals surface area contributed by atoms with Gasteiger partial charge in [-0.2, -0.15) is 4.98 Å². The molecule has 5 nitrogen and oxygen atoms in total. The summed E-state index contributed by atoms with van der Waals surface area (Å²) in [6.45, 7) is 5.09. The van der Waals surface area contributed by atoms with E-state index in [1.165, 1.54) is 7.11 Å². The van der Waals surface area contributed by atoms with E-state index in [9.17, 15) is 0 Å². The molecule has 0 saturated heterocycles. The number of pyridine rings is 1. The SMILES string of the molecule is COc1nc(NCC(C)(C)CCO)ccc1N. The van der Waals surface area contributed by atoms with Gasteiger partial charge in [0.2, 0.25) is 5.88 Å². The molecule has 0 spiro atoms. The maximum Gasteiger partial charge on any atom is 0.238 e. The van der Waals surface area contributed by atoms with E-state index in [2.05, 4.69) is 24.1 Å². The smallest absolute Gasteiger partial charge is 0.238 e. The Kier molecular flexibility index (Phi) is 4.57. The minimum atomic E-state index is 0.0189. The van der Waals surface area contributed by atoms with Crippen LogP contribution in [0.4, 0.5) is 11.5 Å². The Balaban J connectivity index is 2.63. The van der Waals surface area contributed by atoms with Crippen LogP contribution in [0.2, 0.25) is 0 Å². The number of rotatable bonds is 6. The number of aromatic nitrogens is 1. The number of aliphatic hydroxyl groups excluding tert-OH is 1. The van der Waals surface area contributed by atoms with Crippen LogP contribution in [0.25, 0.3) is 0 Å². The molecule has 0 aliphatic rings. The minimum absolute atomic E-state index is 0.0189. The van der Waals surface area contributed by atoms with Crippen molar-refractivity contribution >= 4 is 11.5 Å². The summed E-state index contributed by atoms with van der Waals surface area (Å²) in [7, 11) is 1.54. The molecular weight excluding hydrogens is 218 g/mol. The number of aliphatic hydroxyl groups is 1. The Morgan fingerprint density at radius 3 is 2.76 bits per heavy atom. The average molecular weight is 239 g/mol. The molecule has 0 saturated carbocycles. The molecule has 0 bridgehead atoms. The van der Waals surface area contributed by atoms with Crippen molar-refractivity contribution in [3.8, 4) is 5.88 Å². The van der Waals surface area contributed by atoms with Gasteiger partial charge in [0.1, 0.15) is 5.82 Å². The molecule has 4 N–H and O–H groups in total. The predicted molar refractivity (Wildman–Crippen MR) is 69.2 cm³/mol. The lowest BCUT2D eigenvalue weighted by molar-refractivity contribution is 0.220. The molecular formula is C12H21N3O2. The van der Waals surface area contributed by atoms with Crippen molar-refractivity contribution < 1.29 is 9.84 Å². The van der Waals surface area contributed by atoms with E-state index in [4.69, 9.17) is 15.6 Å². The van der Waals surface area contributed by atoms with E-state index in [1.54, 1.807) is 6.07 Å². The maximum absolute atomic E-state index is 8.94. The number of hydrogen-bond acceptors (Lipinski definition) is 5. The van der Waals surface area contributed by atoms with Gasteiger partial charge in [0.25, 0.3) is 0 Å². The van der Waals surface area contributed by atoms with Crippen molar-refractivity contribution in [1.82, 2.24) is 4.98 Å². The van der Waals surface area contributed by atoms with Crippen LogP contribution in [0.3, 0.4) is 0 Å². The maximum atomic E-state index is 8.94. The zero-order valence-electron chi connectivity index (χ0n) is 10.7. The third-order valence-corrected chi connectivity index (χ3v) is 2.62. The Morgan fingerprint density at radius 1 is 1.47 bits per heavy atom. The number of anilines is 2. The molecule has 0 atom stereocenters. The molecule has 5 heteroatoms. The van der Waals surface area contributed by atoms with Crippen molar-refractivity contribution in [3.63, 3.8) is 0 Å². The van der Waals surface area contributed by atoms with Crippen molar-refractivity contribution in [1.29, 1.82) is 0 Å². The van der Waals surface area contributed by atoms with E-state index in [0.29, 0.717) is 11.6 Å². The number of nitrogens with zero attached hydrogens (tertiary/aromatic N) is 1. The minimum Gasteiger partial charge on any atom is -0.479 e. The fourth-order valence-electron chi connectivity index (χ4n) is 1.43. The topological polar surface area (TPSA) is 80.4 Å². The van der Waals surface area contributed by atoms with E-state index in [1.807, 2.05) is 6.07 Å². The molecule has 0 aliphatic carbocycles. The fourth-order valence-corrected chi connectivity index (χ4v) is 1.43. The first-order chi connectivity index (χ1) is 7.98. The highest BCUT2D eigenvalue weighted by Crippen LogP contribution is 2.23. The van der Waals surface area contributed by atoms with Crippen molar-refractivity contribution in [2.45, 2.75) is 20.3 Å². The number of nitrogens with two attached hydrogens (primary N) is 1. The molecule has 1 aromatic heterocycles.